The Labute approximate surface area is 112 Å². The average Bonchev–Trinajstić information content (AvgIpc) is 2.89. The number of guanidine groups is 1. The van der Waals surface area contributed by atoms with E-state index in [1.807, 2.05) is 7.05 Å². The van der Waals surface area contributed by atoms with E-state index >= 15 is 0 Å². The number of nitrogens with one attached hydrogen (secondary N) is 2. The normalized spacial score (nSPS) is 17.1. The summed E-state index contributed by atoms with van der Waals surface area (Å²) in [6.45, 7) is 4.98. The van der Waals surface area contributed by atoms with Gasteiger partial charge in [-0.1, -0.05) is 26.2 Å². The molecule has 1 fully saturated rings. The zero-order valence-corrected chi connectivity index (χ0v) is 12.0. The lowest BCUT2D eigenvalue weighted by molar-refractivity contribution is 0.0574. The van der Waals surface area contributed by atoms with Crippen molar-refractivity contribution < 1.29 is 4.74 Å². The second-order valence-electron chi connectivity index (χ2n) is 4.91. The van der Waals surface area contributed by atoms with Crippen molar-refractivity contribution in [3.63, 3.8) is 0 Å². The van der Waals surface area contributed by atoms with Gasteiger partial charge in [0.2, 0.25) is 0 Å². The van der Waals surface area contributed by atoms with E-state index in [0.717, 1.165) is 32.1 Å². The Morgan fingerprint density at radius 3 is 2.44 bits per heavy atom. The SMILES string of the molecule is CCCCNC(=NC)NCCCOC1CCCC1. The highest BCUT2D eigenvalue weighted by Gasteiger charge is 2.14. The van der Waals surface area contributed by atoms with Crippen molar-refractivity contribution in [3.8, 4) is 0 Å². The maximum Gasteiger partial charge on any atom is 0.190 e. The summed E-state index contributed by atoms with van der Waals surface area (Å²) in [4.78, 5) is 4.19. The lowest BCUT2D eigenvalue weighted by Gasteiger charge is -2.13. The Morgan fingerprint density at radius 2 is 1.83 bits per heavy atom. The number of aliphatic imine (C=N–C) groups is 1. The topological polar surface area (TPSA) is 45.7 Å². The number of hydrogen-bond donors (Lipinski definition) is 2. The van der Waals surface area contributed by atoms with E-state index in [-0.39, 0.29) is 0 Å². The minimum atomic E-state index is 0.534. The predicted octanol–water partition coefficient (Wildman–Crippen LogP) is 2.30. The minimum absolute atomic E-state index is 0.534. The Kier molecular flexibility index (Phi) is 8.65. The van der Waals surface area contributed by atoms with Gasteiger partial charge in [0.1, 0.15) is 0 Å². The van der Waals surface area contributed by atoms with Gasteiger partial charge >= 0.3 is 0 Å². The summed E-state index contributed by atoms with van der Waals surface area (Å²) in [6, 6.07) is 0. The van der Waals surface area contributed by atoms with Crippen molar-refractivity contribution in [2.75, 3.05) is 26.7 Å². The highest BCUT2D eigenvalue weighted by atomic mass is 16.5. The molecule has 0 atom stereocenters. The van der Waals surface area contributed by atoms with Gasteiger partial charge in [-0.25, -0.2) is 0 Å². The Balaban J connectivity index is 1.94. The minimum Gasteiger partial charge on any atom is -0.378 e. The second-order valence-corrected chi connectivity index (χ2v) is 4.91. The average molecular weight is 255 g/mol. The predicted molar refractivity (Wildman–Crippen MR) is 77.1 cm³/mol. The van der Waals surface area contributed by atoms with Crippen LogP contribution in [0.5, 0.6) is 0 Å². The summed E-state index contributed by atoms with van der Waals surface area (Å²) in [5.74, 6) is 0.907. The molecule has 18 heavy (non-hydrogen) atoms. The van der Waals surface area contributed by atoms with Gasteiger partial charge in [-0.05, 0) is 25.7 Å². The Bertz CT molecular complexity index is 225. The van der Waals surface area contributed by atoms with E-state index in [1.54, 1.807) is 0 Å². The van der Waals surface area contributed by atoms with Crippen LogP contribution in [0.1, 0.15) is 51.9 Å². The maximum absolute atomic E-state index is 5.82. The summed E-state index contributed by atoms with van der Waals surface area (Å²) in [5.41, 5.74) is 0. The van der Waals surface area contributed by atoms with Crippen LogP contribution < -0.4 is 10.6 Å². The summed E-state index contributed by atoms with van der Waals surface area (Å²) >= 11 is 0. The number of unbranched alkanes of at least 4 members (excludes halogenated alkanes) is 1. The van der Waals surface area contributed by atoms with Crippen molar-refractivity contribution in [1.82, 2.24) is 10.6 Å². The van der Waals surface area contributed by atoms with Crippen LogP contribution in [0, 0.1) is 0 Å². The molecule has 0 aromatic rings. The molecule has 1 rings (SSSR count). The van der Waals surface area contributed by atoms with Crippen LogP contribution >= 0.6 is 0 Å². The summed E-state index contributed by atoms with van der Waals surface area (Å²) in [6.07, 6.45) is 9.18. The number of nitrogens with zero attached hydrogens (tertiary/aromatic N) is 1. The van der Waals surface area contributed by atoms with Gasteiger partial charge < -0.3 is 15.4 Å². The Hall–Kier alpha value is -0.770. The quantitative estimate of drug-likeness (QED) is 0.397. The van der Waals surface area contributed by atoms with Crippen LogP contribution in [0.25, 0.3) is 0 Å². The zero-order valence-electron chi connectivity index (χ0n) is 12.0. The molecule has 0 radical (unpaired) electrons. The van der Waals surface area contributed by atoms with Gasteiger partial charge in [0.05, 0.1) is 6.10 Å². The first kappa shape index (κ1) is 15.3. The molecule has 0 aromatic carbocycles. The smallest absolute Gasteiger partial charge is 0.190 e. The molecule has 1 aliphatic carbocycles. The second kappa shape index (κ2) is 10.2. The third kappa shape index (κ3) is 6.84. The first-order valence-corrected chi connectivity index (χ1v) is 7.43. The number of ether oxygens (including phenoxy) is 1. The third-order valence-corrected chi connectivity index (χ3v) is 3.32. The molecule has 4 heteroatoms. The first-order chi connectivity index (χ1) is 8.86. The fourth-order valence-corrected chi connectivity index (χ4v) is 2.19. The van der Waals surface area contributed by atoms with Gasteiger partial charge in [0, 0.05) is 26.7 Å². The van der Waals surface area contributed by atoms with Gasteiger partial charge in [0.25, 0.3) is 0 Å². The summed E-state index contributed by atoms with van der Waals surface area (Å²) in [5, 5.41) is 6.61. The van der Waals surface area contributed by atoms with E-state index < -0.39 is 0 Å². The van der Waals surface area contributed by atoms with Crippen LogP contribution in [0.3, 0.4) is 0 Å². The van der Waals surface area contributed by atoms with Gasteiger partial charge in [0.15, 0.2) is 5.96 Å². The van der Waals surface area contributed by atoms with Gasteiger partial charge in [-0.15, -0.1) is 0 Å². The van der Waals surface area contributed by atoms with Crippen molar-refractivity contribution in [3.05, 3.63) is 0 Å². The van der Waals surface area contributed by atoms with Crippen LogP contribution in [0.2, 0.25) is 0 Å². The molecule has 0 bridgehead atoms. The van der Waals surface area contributed by atoms with E-state index in [2.05, 4.69) is 22.5 Å². The van der Waals surface area contributed by atoms with Crippen LogP contribution in [0.4, 0.5) is 0 Å². The lowest BCUT2D eigenvalue weighted by atomic mass is 10.3. The molecule has 0 amide bonds. The van der Waals surface area contributed by atoms with E-state index in [1.165, 1.54) is 38.5 Å². The maximum atomic E-state index is 5.82. The van der Waals surface area contributed by atoms with Crippen LogP contribution in [-0.2, 0) is 4.74 Å². The summed E-state index contributed by atoms with van der Waals surface area (Å²) in [7, 11) is 1.82. The lowest BCUT2D eigenvalue weighted by Crippen LogP contribution is -2.38. The van der Waals surface area contributed by atoms with Crippen molar-refractivity contribution in [2.45, 2.75) is 58.0 Å². The molecule has 0 spiro atoms. The molecule has 2 N–H and O–H groups in total. The van der Waals surface area contributed by atoms with E-state index in [9.17, 15) is 0 Å². The van der Waals surface area contributed by atoms with Crippen molar-refractivity contribution in [1.29, 1.82) is 0 Å². The molecule has 4 nitrogen and oxygen atoms in total. The fourth-order valence-electron chi connectivity index (χ4n) is 2.19. The Morgan fingerprint density at radius 1 is 1.17 bits per heavy atom. The summed E-state index contributed by atoms with van der Waals surface area (Å²) < 4.78 is 5.82. The van der Waals surface area contributed by atoms with Crippen LogP contribution in [-0.4, -0.2) is 38.8 Å². The molecule has 0 heterocycles. The molecule has 0 aliphatic heterocycles. The van der Waals surface area contributed by atoms with E-state index in [4.69, 9.17) is 4.74 Å². The largest absolute Gasteiger partial charge is 0.378 e. The monoisotopic (exact) mass is 255 g/mol. The molecule has 1 saturated carbocycles. The number of hydrogen-bond acceptors (Lipinski definition) is 2. The molecule has 0 saturated heterocycles. The highest BCUT2D eigenvalue weighted by Crippen LogP contribution is 2.20. The first-order valence-electron chi connectivity index (χ1n) is 7.43. The zero-order chi connectivity index (χ0) is 13.1. The van der Waals surface area contributed by atoms with Crippen molar-refractivity contribution in [2.24, 2.45) is 4.99 Å². The van der Waals surface area contributed by atoms with Crippen LogP contribution in [0.15, 0.2) is 4.99 Å². The van der Waals surface area contributed by atoms with Gasteiger partial charge in [-0.3, -0.25) is 4.99 Å². The molecule has 0 unspecified atom stereocenters. The standard InChI is InChI=1S/C14H29N3O/c1-3-4-10-16-14(15-2)17-11-7-12-18-13-8-5-6-9-13/h13H,3-12H2,1-2H3,(H2,15,16,17). The molecule has 0 aromatic heterocycles. The molecular formula is C14H29N3O. The third-order valence-electron chi connectivity index (χ3n) is 3.32. The highest BCUT2D eigenvalue weighted by molar-refractivity contribution is 5.79. The molecule has 1 aliphatic rings. The number of rotatable bonds is 8. The van der Waals surface area contributed by atoms with E-state index in [0.29, 0.717) is 6.10 Å². The molecular weight excluding hydrogens is 226 g/mol. The molecule has 106 valence electrons. The van der Waals surface area contributed by atoms with Gasteiger partial charge in [-0.2, -0.15) is 0 Å². The van der Waals surface area contributed by atoms with Crippen molar-refractivity contribution >= 4 is 5.96 Å². The fraction of sp³-hybridized carbons (Fsp3) is 0.929.